The maximum atomic E-state index is 11.5. The second kappa shape index (κ2) is 6.97. The van der Waals surface area contributed by atoms with E-state index in [2.05, 4.69) is 6.92 Å². The summed E-state index contributed by atoms with van der Waals surface area (Å²) in [4.78, 5) is 22.7. The van der Waals surface area contributed by atoms with Crippen LogP contribution in [0.2, 0.25) is 0 Å². The zero-order valence-electron chi connectivity index (χ0n) is 14.2. The Kier molecular flexibility index (Phi) is 4.74. The van der Waals surface area contributed by atoms with Crippen LogP contribution in [-0.4, -0.2) is 11.8 Å². The van der Waals surface area contributed by atoms with Crippen LogP contribution in [0.1, 0.15) is 70.1 Å². The van der Waals surface area contributed by atoms with E-state index in [9.17, 15) is 9.59 Å². The van der Waals surface area contributed by atoms with Gasteiger partial charge in [0, 0.05) is 11.1 Å². The van der Waals surface area contributed by atoms with Crippen molar-refractivity contribution in [2.45, 2.75) is 38.2 Å². The summed E-state index contributed by atoms with van der Waals surface area (Å²) in [7, 11) is 0. The molecule has 5 heteroatoms. The molecule has 0 saturated carbocycles. The first-order valence-electron chi connectivity index (χ1n) is 8.49. The number of benzene rings is 2. The van der Waals surface area contributed by atoms with Crippen molar-refractivity contribution < 1.29 is 14.3 Å². The third-order valence-corrected chi connectivity index (χ3v) is 4.71. The van der Waals surface area contributed by atoms with E-state index in [-0.39, 0.29) is 6.10 Å². The van der Waals surface area contributed by atoms with Crippen molar-refractivity contribution in [3.8, 4) is 5.75 Å². The molecule has 2 unspecified atom stereocenters. The van der Waals surface area contributed by atoms with Crippen molar-refractivity contribution in [3.05, 3.63) is 64.7 Å². The minimum absolute atomic E-state index is 0.0922. The van der Waals surface area contributed by atoms with Gasteiger partial charge in [-0.2, -0.15) is 0 Å². The lowest BCUT2D eigenvalue weighted by molar-refractivity contribution is 0.0991. The molecule has 2 aromatic carbocycles. The third kappa shape index (κ3) is 3.50. The Morgan fingerprint density at radius 1 is 1.04 bits per heavy atom. The van der Waals surface area contributed by atoms with Crippen molar-refractivity contribution >= 4 is 11.8 Å². The van der Waals surface area contributed by atoms with Gasteiger partial charge in [0.2, 0.25) is 11.8 Å². The zero-order valence-corrected chi connectivity index (χ0v) is 14.2. The highest BCUT2D eigenvalue weighted by Gasteiger charge is 2.29. The third-order valence-electron chi connectivity index (χ3n) is 4.71. The summed E-state index contributed by atoms with van der Waals surface area (Å²) in [5.74, 6) is 0.221. The Labute approximate surface area is 147 Å². The molecule has 5 nitrogen and oxygen atoms in total. The highest BCUT2D eigenvalue weighted by Crippen LogP contribution is 2.44. The number of hydrogen-bond donors (Lipinski definition) is 2. The van der Waals surface area contributed by atoms with Gasteiger partial charge in [-0.15, -0.1) is 0 Å². The lowest BCUT2D eigenvalue weighted by atomic mass is 9.84. The number of carbonyl (C=O) groups excluding carboxylic acids is 2. The van der Waals surface area contributed by atoms with Crippen LogP contribution in [0.5, 0.6) is 5.75 Å². The van der Waals surface area contributed by atoms with E-state index in [1.54, 1.807) is 18.2 Å². The Morgan fingerprint density at radius 2 is 1.68 bits per heavy atom. The molecule has 0 aromatic heterocycles. The Balaban J connectivity index is 1.92. The van der Waals surface area contributed by atoms with E-state index < -0.39 is 11.8 Å². The predicted octanol–water partition coefficient (Wildman–Crippen LogP) is 3.29. The standard InChI is InChI=1S/C20H22N2O3/c1-2-3-14-11-18(12-4-6-13(7-5-12)19(21)23)25-17-9-8-15(20(22)24)10-16(14)17/h4-10,14,18H,2-3,11H2,1H3,(H2,21,23)(H2,22,24). The lowest BCUT2D eigenvalue weighted by Gasteiger charge is -2.33. The summed E-state index contributed by atoms with van der Waals surface area (Å²) >= 11 is 0. The molecule has 1 aliphatic rings. The van der Waals surface area contributed by atoms with Gasteiger partial charge < -0.3 is 16.2 Å². The molecule has 2 aromatic rings. The van der Waals surface area contributed by atoms with Gasteiger partial charge in [0.25, 0.3) is 0 Å². The van der Waals surface area contributed by atoms with Gasteiger partial charge in [0.05, 0.1) is 0 Å². The van der Waals surface area contributed by atoms with Crippen molar-refractivity contribution in [1.82, 2.24) is 0 Å². The van der Waals surface area contributed by atoms with Gasteiger partial charge in [-0.25, -0.2) is 0 Å². The molecule has 0 saturated heterocycles. The molecule has 4 N–H and O–H groups in total. The molecule has 0 aliphatic carbocycles. The second-order valence-corrected chi connectivity index (χ2v) is 6.43. The summed E-state index contributed by atoms with van der Waals surface area (Å²) in [6, 6.07) is 12.6. The molecule has 3 rings (SSSR count). The van der Waals surface area contributed by atoms with Crippen molar-refractivity contribution in [1.29, 1.82) is 0 Å². The van der Waals surface area contributed by atoms with Crippen LogP contribution in [0.25, 0.3) is 0 Å². The zero-order chi connectivity index (χ0) is 18.0. The van der Waals surface area contributed by atoms with Gasteiger partial charge >= 0.3 is 0 Å². The number of amides is 2. The molecule has 0 bridgehead atoms. The topological polar surface area (TPSA) is 95.4 Å². The molecule has 130 valence electrons. The van der Waals surface area contributed by atoms with E-state index in [0.29, 0.717) is 17.0 Å². The van der Waals surface area contributed by atoms with Crippen LogP contribution >= 0.6 is 0 Å². The van der Waals surface area contributed by atoms with Crippen LogP contribution in [-0.2, 0) is 0 Å². The van der Waals surface area contributed by atoms with E-state index in [4.69, 9.17) is 16.2 Å². The lowest BCUT2D eigenvalue weighted by Crippen LogP contribution is -2.21. The molecule has 0 spiro atoms. The maximum Gasteiger partial charge on any atom is 0.248 e. The summed E-state index contributed by atoms with van der Waals surface area (Å²) in [6.07, 6.45) is 2.77. The Morgan fingerprint density at radius 3 is 2.28 bits per heavy atom. The summed E-state index contributed by atoms with van der Waals surface area (Å²) in [5, 5.41) is 0. The SMILES string of the molecule is CCCC1CC(c2ccc(C(N)=O)cc2)Oc2ccc(C(N)=O)cc21. The molecule has 25 heavy (non-hydrogen) atoms. The molecule has 1 heterocycles. The number of fused-ring (bicyclic) bond motifs is 1. The van der Waals surface area contributed by atoms with Crippen molar-refractivity contribution in [2.24, 2.45) is 11.5 Å². The largest absolute Gasteiger partial charge is 0.485 e. The van der Waals surface area contributed by atoms with Crippen LogP contribution < -0.4 is 16.2 Å². The van der Waals surface area contributed by atoms with E-state index >= 15 is 0 Å². The van der Waals surface area contributed by atoms with E-state index in [0.717, 1.165) is 36.1 Å². The molecular formula is C20H22N2O3. The van der Waals surface area contributed by atoms with Crippen molar-refractivity contribution in [2.75, 3.05) is 0 Å². The maximum absolute atomic E-state index is 11.5. The molecule has 0 radical (unpaired) electrons. The normalized spacial score (nSPS) is 18.9. The molecule has 2 atom stereocenters. The number of rotatable bonds is 5. The first-order valence-corrected chi connectivity index (χ1v) is 8.49. The van der Waals surface area contributed by atoms with Gasteiger partial charge in [-0.05, 0) is 60.2 Å². The molecule has 2 amide bonds. The molecular weight excluding hydrogens is 316 g/mol. The summed E-state index contributed by atoms with van der Waals surface area (Å²) in [6.45, 7) is 2.14. The van der Waals surface area contributed by atoms with Crippen LogP contribution in [0, 0.1) is 0 Å². The first kappa shape index (κ1) is 17.0. The Bertz CT molecular complexity index is 799. The predicted molar refractivity (Wildman–Crippen MR) is 95.6 cm³/mol. The first-order chi connectivity index (χ1) is 12.0. The van der Waals surface area contributed by atoms with E-state index in [1.807, 2.05) is 24.3 Å². The minimum Gasteiger partial charge on any atom is -0.485 e. The van der Waals surface area contributed by atoms with Crippen LogP contribution in [0.4, 0.5) is 0 Å². The Hall–Kier alpha value is -2.82. The molecule has 0 fully saturated rings. The summed E-state index contributed by atoms with van der Waals surface area (Å²) < 4.78 is 6.16. The monoisotopic (exact) mass is 338 g/mol. The number of hydrogen-bond acceptors (Lipinski definition) is 3. The quantitative estimate of drug-likeness (QED) is 0.875. The fourth-order valence-corrected chi connectivity index (χ4v) is 3.40. The minimum atomic E-state index is -0.440. The number of nitrogens with two attached hydrogens (primary N) is 2. The van der Waals surface area contributed by atoms with Crippen LogP contribution in [0.15, 0.2) is 42.5 Å². The average Bonchev–Trinajstić information content (AvgIpc) is 2.61. The number of ether oxygens (including phenoxy) is 1. The van der Waals surface area contributed by atoms with Gasteiger partial charge in [-0.3, -0.25) is 9.59 Å². The van der Waals surface area contributed by atoms with Gasteiger partial charge in [0.1, 0.15) is 11.9 Å². The van der Waals surface area contributed by atoms with Crippen molar-refractivity contribution in [3.63, 3.8) is 0 Å². The number of primary amides is 2. The summed E-state index contributed by atoms with van der Waals surface area (Å²) in [5.41, 5.74) is 13.7. The number of carbonyl (C=O) groups is 2. The van der Waals surface area contributed by atoms with Crippen LogP contribution in [0.3, 0.4) is 0 Å². The van der Waals surface area contributed by atoms with Gasteiger partial charge in [0.15, 0.2) is 0 Å². The fourth-order valence-electron chi connectivity index (χ4n) is 3.40. The molecule has 1 aliphatic heterocycles. The highest BCUT2D eigenvalue weighted by molar-refractivity contribution is 5.93. The highest BCUT2D eigenvalue weighted by atomic mass is 16.5. The second-order valence-electron chi connectivity index (χ2n) is 6.43. The average molecular weight is 338 g/mol. The van der Waals surface area contributed by atoms with E-state index in [1.165, 1.54) is 0 Å². The van der Waals surface area contributed by atoms with Gasteiger partial charge in [-0.1, -0.05) is 25.5 Å². The fraction of sp³-hybridized carbons (Fsp3) is 0.300. The smallest absolute Gasteiger partial charge is 0.248 e.